The lowest BCUT2D eigenvalue weighted by molar-refractivity contribution is 0.416. The number of methoxy groups -OCH3 is 1. The molecule has 0 saturated heterocycles. The minimum absolute atomic E-state index is 0.881. The minimum atomic E-state index is 0.881. The standard InChI is InChI=1S/C16H16O.2C2H6/c1-4-13-6-5-7-15(17-3)16(13)14-10-8-12(2)9-11-14;2*1-2/h4-11H,1H2,2-3H3;2*1-2H3. The van der Waals surface area contributed by atoms with Gasteiger partial charge in [-0.15, -0.1) is 0 Å². The number of hydrogen-bond donors (Lipinski definition) is 0. The van der Waals surface area contributed by atoms with E-state index in [0.717, 1.165) is 22.4 Å². The average molecular weight is 284 g/mol. The molecule has 2 rings (SSSR count). The van der Waals surface area contributed by atoms with Gasteiger partial charge in [0.05, 0.1) is 7.11 Å². The van der Waals surface area contributed by atoms with E-state index in [9.17, 15) is 0 Å². The maximum Gasteiger partial charge on any atom is 0.127 e. The van der Waals surface area contributed by atoms with Crippen molar-refractivity contribution in [3.05, 3.63) is 60.2 Å². The van der Waals surface area contributed by atoms with E-state index in [4.69, 9.17) is 4.74 Å². The Kier molecular flexibility index (Phi) is 9.70. The summed E-state index contributed by atoms with van der Waals surface area (Å²) in [5.74, 6) is 0.881. The van der Waals surface area contributed by atoms with Gasteiger partial charge < -0.3 is 4.74 Å². The fourth-order valence-corrected chi connectivity index (χ4v) is 1.92. The van der Waals surface area contributed by atoms with Gasteiger partial charge in [0.15, 0.2) is 0 Å². The molecule has 0 bridgehead atoms. The molecule has 2 aromatic carbocycles. The van der Waals surface area contributed by atoms with Gasteiger partial charge in [-0.3, -0.25) is 0 Å². The van der Waals surface area contributed by atoms with Gasteiger partial charge in [0.25, 0.3) is 0 Å². The lowest BCUT2D eigenvalue weighted by atomic mass is 9.98. The van der Waals surface area contributed by atoms with Gasteiger partial charge in [-0.05, 0) is 24.1 Å². The fraction of sp³-hybridized carbons (Fsp3) is 0.300. The summed E-state index contributed by atoms with van der Waals surface area (Å²) in [6.45, 7) is 13.9. The van der Waals surface area contributed by atoms with Crippen LogP contribution in [0.5, 0.6) is 5.75 Å². The van der Waals surface area contributed by atoms with E-state index in [-0.39, 0.29) is 0 Å². The molecule has 0 aliphatic heterocycles. The van der Waals surface area contributed by atoms with Crippen molar-refractivity contribution in [2.75, 3.05) is 7.11 Å². The lowest BCUT2D eigenvalue weighted by Gasteiger charge is -2.12. The van der Waals surface area contributed by atoms with Crippen LogP contribution >= 0.6 is 0 Å². The zero-order valence-electron chi connectivity index (χ0n) is 14.2. The Bertz CT molecular complexity index is 524. The molecule has 0 atom stereocenters. The molecular weight excluding hydrogens is 256 g/mol. The molecule has 0 N–H and O–H groups in total. The van der Waals surface area contributed by atoms with Crippen LogP contribution in [0.2, 0.25) is 0 Å². The third-order valence-electron chi connectivity index (χ3n) is 2.84. The lowest BCUT2D eigenvalue weighted by Crippen LogP contribution is -1.90. The Hall–Kier alpha value is -2.02. The first-order chi connectivity index (χ1) is 10.3. The molecular formula is C20H28O. The number of hydrogen-bond acceptors (Lipinski definition) is 1. The number of rotatable bonds is 3. The highest BCUT2D eigenvalue weighted by Crippen LogP contribution is 2.33. The SMILES string of the molecule is C=Cc1cccc(OC)c1-c1ccc(C)cc1.CC.CC. The molecule has 0 unspecified atom stereocenters. The summed E-state index contributed by atoms with van der Waals surface area (Å²) in [5.41, 5.74) is 4.60. The predicted molar refractivity (Wildman–Crippen MR) is 96.0 cm³/mol. The molecule has 0 saturated carbocycles. The van der Waals surface area contributed by atoms with Gasteiger partial charge >= 0.3 is 0 Å². The van der Waals surface area contributed by atoms with Crippen molar-refractivity contribution in [1.82, 2.24) is 0 Å². The molecule has 0 fully saturated rings. The molecule has 0 amide bonds. The van der Waals surface area contributed by atoms with Crippen molar-refractivity contribution in [3.63, 3.8) is 0 Å². The summed E-state index contributed by atoms with van der Waals surface area (Å²) in [6.07, 6.45) is 1.86. The second-order valence-corrected chi connectivity index (χ2v) is 3.99. The molecule has 0 radical (unpaired) electrons. The van der Waals surface area contributed by atoms with Crippen molar-refractivity contribution in [3.8, 4) is 16.9 Å². The number of aryl methyl sites for hydroxylation is 1. The maximum absolute atomic E-state index is 5.42. The van der Waals surface area contributed by atoms with Crippen molar-refractivity contribution in [2.24, 2.45) is 0 Å². The zero-order valence-corrected chi connectivity index (χ0v) is 14.2. The van der Waals surface area contributed by atoms with Crippen LogP contribution in [0.15, 0.2) is 49.0 Å². The highest BCUT2D eigenvalue weighted by Gasteiger charge is 2.08. The fourth-order valence-electron chi connectivity index (χ4n) is 1.92. The van der Waals surface area contributed by atoms with Crippen LogP contribution in [0.1, 0.15) is 38.8 Å². The van der Waals surface area contributed by atoms with E-state index in [1.807, 2.05) is 52.0 Å². The topological polar surface area (TPSA) is 9.23 Å². The van der Waals surface area contributed by atoms with Gasteiger partial charge in [0.2, 0.25) is 0 Å². The summed E-state index contributed by atoms with van der Waals surface area (Å²) in [7, 11) is 1.69. The first-order valence-electron chi connectivity index (χ1n) is 7.62. The summed E-state index contributed by atoms with van der Waals surface area (Å²) < 4.78 is 5.42. The summed E-state index contributed by atoms with van der Waals surface area (Å²) in [5, 5.41) is 0. The third kappa shape index (κ3) is 5.11. The molecule has 0 heterocycles. The van der Waals surface area contributed by atoms with E-state index >= 15 is 0 Å². The summed E-state index contributed by atoms with van der Waals surface area (Å²) in [4.78, 5) is 0. The van der Waals surface area contributed by atoms with Gasteiger partial charge in [0, 0.05) is 5.56 Å². The normalized spacial score (nSPS) is 8.67. The Morgan fingerprint density at radius 1 is 0.905 bits per heavy atom. The third-order valence-corrected chi connectivity index (χ3v) is 2.84. The van der Waals surface area contributed by atoms with Crippen LogP contribution in [-0.4, -0.2) is 7.11 Å². The van der Waals surface area contributed by atoms with Crippen LogP contribution in [0.3, 0.4) is 0 Å². The van der Waals surface area contributed by atoms with E-state index < -0.39 is 0 Å². The van der Waals surface area contributed by atoms with E-state index in [1.54, 1.807) is 7.11 Å². The van der Waals surface area contributed by atoms with Crippen LogP contribution in [0.25, 0.3) is 17.2 Å². The summed E-state index contributed by atoms with van der Waals surface area (Å²) >= 11 is 0. The van der Waals surface area contributed by atoms with Gasteiger partial charge in [-0.25, -0.2) is 0 Å². The van der Waals surface area contributed by atoms with Crippen LogP contribution in [-0.2, 0) is 0 Å². The van der Waals surface area contributed by atoms with Gasteiger partial charge in [-0.1, -0.05) is 82.3 Å². The van der Waals surface area contributed by atoms with Crippen LogP contribution in [0.4, 0.5) is 0 Å². The smallest absolute Gasteiger partial charge is 0.127 e. The molecule has 1 heteroatoms. The quantitative estimate of drug-likeness (QED) is 0.636. The predicted octanol–water partition coefficient (Wildman–Crippen LogP) is 6.37. The molecule has 1 nitrogen and oxygen atoms in total. The van der Waals surface area contributed by atoms with Crippen LogP contribution in [0, 0.1) is 6.92 Å². The number of ether oxygens (including phenoxy) is 1. The Morgan fingerprint density at radius 2 is 1.48 bits per heavy atom. The van der Waals surface area contributed by atoms with Crippen LogP contribution < -0.4 is 4.74 Å². The van der Waals surface area contributed by atoms with Gasteiger partial charge in [-0.2, -0.15) is 0 Å². The first kappa shape index (κ1) is 19.0. The Balaban J connectivity index is 0.000000921. The Morgan fingerprint density at radius 3 is 1.95 bits per heavy atom. The van der Waals surface area contributed by atoms with E-state index in [2.05, 4.69) is 37.8 Å². The second kappa shape index (κ2) is 10.7. The summed E-state index contributed by atoms with van der Waals surface area (Å²) in [6, 6.07) is 14.4. The van der Waals surface area contributed by atoms with Gasteiger partial charge in [0.1, 0.15) is 5.75 Å². The van der Waals surface area contributed by atoms with Crippen molar-refractivity contribution in [1.29, 1.82) is 0 Å². The number of benzene rings is 2. The maximum atomic E-state index is 5.42. The van der Waals surface area contributed by atoms with E-state index in [1.165, 1.54) is 5.56 Å². The highest BCUT2D eigenvalue weighted by atomic mass is 16.5. The van der Waals surface area contributed by atoms with Crippen molar-refractivity contribution in [2.45, 2.75) is 34.6 Å². The second-order valence-electron chi connectivity index (χ2n) is 3.99. The zero-order chi connectivity index (χ0) is 16.3. The largest absolute Gasteiger partial charge is 0.496 e. The first-order valence-corrected chi connectivity index (χ1v) is 7.62. The van der Waals surface area contributed by atoms with E-state index in [0.29, 0.717) is 0 Å². The monoisotopic (exact) mass is 284 g/mol. The molecule has 0 aromatic heterocycles. The highest BCUT2D eigenvalue weighted by molar-refractivity contribution is 5.80. The van der Waals surface area contributed by atoms with Crippen molar-refractivity contribution >= 4 is 6.08 Å². The molecule has 0 aliphatic rings. The average Bonchev–Trinajstić information content (AvgIpc) is 2.58. The molecule has 2 aromatic rings. The van der Waals surface area contributed by atoms with Crippen molar-refractivity contribution < 1.29 is 4.74 Å². The molecule has 21 heavy (non-hydrogen) atoms. The molecule has 0 spiro atoms. The Labute approximate surface area is 130 Å². The molecule has 114 valence electrons. The minimum Gasteiger partial charge on any atom is -0.496 e. The molecule has 0 aliphatic carbocycles.